The highest BCUT2D eigenvalue weighted by molar-refractivity contribution is 6.35. The van der Waals surface area contributed by atoms with Crippen LogP contribution in [0.1, 0.15) is 26.7 Å². The van der Waals surface area contributed by atoms with Gasteiger partial charge in [0.25, 0.3) is 5.91 Å². The number of aliphatic hydroxyl groups excluding tert-OH is 1. The molecule has 6 heteroatoms. The van der Waals surface area contributed by atoms with Crippen molar-refractivity contribution < 1.29 is 14.6 Å². The van der Waals surface area contributed by atoms with Gasteiger partial charge in [-0.05, 0) is 38.0 Å². The number of benzene rings is 1. The third kappa shape index (κ3) is 5.57. The van der Waals surface area contributed by atoms with Gasteiger partial charge in [0, 0.05) is 11.6 Å². The zero-order valence-electron chi connectivity index (χ0n) is 11.5. The predicted molar refractivity (Wildman–Crippen MR) is 80.5 cm³/mol. The smallest absolute Gasteiger partial charge is 0.260 e. The summed E-state index contributed by atoms with van der Waals surface area (Å²) in [5.74, 6) is 0.159. The highest BCUT2D eigenvalue weighted by Crippen LogP contribution is 2.28. The summed E-state index contributed by atoms with van der Waals surface area (Å²) < 4.78 is 5.48. The lowest BCUT2D eigenvalue weighted by molar-refractivity contribution is -0.127. The highest BCUT2D eigenvalue weighted by Gasteiger charge is 2.16. The minimum Gasteiger partial charge on any atom is -0.479 e. The molecule has 1 amide bonds. The molecule has 4 nitrogen and oxygen atoms in total. The lowest BCUT2D eigenvalue weighted by Gasteiger charge is -2.16. The number of halogens is 2. The standard InChI is InChI=1S/C14H19Cl2NO3/c1-3-11(18)6-7-17-14(19)9(2)20-13-5-4-10(15)8-12(13)16/h4-5,8-9,11,18H,3,6-7H2,1-2H3,(H,17,19). The van der Waals surface area contributed by atoms with Crippen LogP contribution >= 0.6 is 23.2 Å². The van der Waals surface area contributed by atoms with Crippen molar-refractivity contribution in [3.8, 4) is 5.75 Å². The van der Waals surface area contributed by atoms with Crippen LogP contribution in [-0.4, -0.2) is 29.8 Å². The fourth-order valence-corrected chi connectivity index (χ4v) is 1.98. The Labute approximate surface area is 129 Å². The second-order valence-electron chi connectivity index (χ2n) is 4.48. The number of rotatable bonds is 7. The average Bonchev–Trinajstić information content (AvgIpc) is 2.41. The van der Waals surface area contributed by atoms with Crippen molar-refractivity contribution in [2.75, 3.05) is 6.54 Å². The fraction of sp³-hybridized carbons (Fsp3) is 0.500. The van der Waals surface area contributed by atoms with Crippen LogP contribution in [0.2, 0.25) is 10.0 Å². The Morgan fingerprint density at radius 3 is 2.75 bits per heavy atom. The number of aliphatic hydroxyl groups is 1. The zero-order valence-corrected chi connectivity index (χ0v) is 13.0. The first-order chi connectivity index (χ1) is 9.43. The van der Waals surface area contributed by atoms with Crippen molar-refractivity contribution in [1.82, 2.24) is 5.32 Å². The molecular formula is C14H19Cl2NO3. The molecule has 0 saturated heterocycles. The number of ether oxygens (including phenoxy) is 1. The van der Waals surface area contributed by atoms with Crippen molar-refractivity contribution >= 4 is 29.1 Å². The van der Waals surface area contributed by atoms with E-state index >= 15 is 0 Å². The van der Waals surface area contributed by atoms with E-state index in [4.69, 9.17) is 27.9 Å². The van der Waals surface area contributed by atoms with Gasteiger partial charge in [0.2, 0.25) is 0 Å². The van der Waals surface area contributed by atoms with E-state index in [9.17, 15) is 9.90 Å². The molecule has 1 rings (SSSR count). The molecule has 0 saturated carbocycles. The largest absolute Gasteiger partial charge is 0.479 e. The minimum atomic E-state index is -0.674. The van der Waals surface area contributed by atoms with Crippen LogP contribution in [0.15, 0.2) is 18.2 Å². The third-order valence-electron chi connectivity index (χ3n) is 2.81. The summed E-state index contributed by atoms with van der Waals surface area (Å²) in [6.45, 7) is 3.94. The topological polar surface area (TPSA) is 58.6 Å². The van der Waals surface area contributed by atoms with E-state index in [1.807, 2.05) is 6.92 Å². The van der Waals surface area contributed by atoms with Crippen LogP contribution in [-0.2, 0) is 4.79 Å². The van der Waals surface area contributed by atoms with Crippen LogP contribution in [0.5, 0.6) is 5.75 Å². The van der Waals surface area contributed by atoms with E-state index < -0.39 is 12.2 Å². The summed E-state index contributed by atoms with van der Waals surface area (Å²) >= 11 is 11.8. The molecule has 0 radical (unpaired) electrons. The lowest BCUT2D eigenvalue weighted by Crippen LogP contribution is -2.37. The number of hydrogen-bond acceptors (Lipinski definition) is 3. The van der Waals surface area contributed by atoms with Crippen LogP contribution in [0.3, 0.4) is 0 Å². The first-order valence-electron chi connectivity index (χ1n) is 6.51. The summed E-state index contributed by atoms with van der Waals surface area (Å²) in [7, 11) is 0. The van der Waals surface area contributed by atoms with Gasteiger partial charge in [-0.1, -0.05) is 30.1 Å². The zero-order chi connectivity index (χ0) is 15.1. The summed E-state index contributed by atoms with van der Waals surface area (Å²) in [5, 5.41) is 13.0. The molecule has 0 aliphatic carbocycles. The lowest BCUT2D eigenvalue weighted by atomic mass is 10.2. The van der Waals surface area contributed by atoms with Crippen molar-refractivity contribution in [2.45, 2.75) is 38.9 Å². The maximum atomic E-state index is 11.8. The molecule has 0 bridgehead atoms. The molecule has 0 fully saturated rings. The Morgan fingerprint density at radius 1 is 1.45 bits per heavy atom. The minimum absolute atomic E-state index is 0.251. The Morgan fingerprint density at radius 2 is 2.15 bits per heavy atom. The normalized spacial score (nSPS) is 13.7. The Kier molecular flexibility index (Phi) is 7.13. The molecule has 0 heterocycles. The summed E-state index contributed by atoms with van der Waals surface area (Å²) in [6, 6.07) is 4.82. The molecular weight excluding hydrogens is 301 g/mol. The van der Waals surface area contributed by atoms with Crippen LogP contribution in [0.4, 0.5) is 0 Å². The maximum Gasteiger partial charge on any atom is 0.260 e. The van der Waals surface area contributed by atoms with Gasteiger partial charge in [0.1, 0.15) is 5.75 Å². The van der Waals surface area contributed by atoms with E-state index in [1.165, 1.54) is 0 Å². The fourth-order valence-electron chi connectivity index (χ4n) is 1.52. The number of nitrogens with one attached hydrogen (secondary N) is 1. The van der Waals surface area contributed by atoms with Crippen LogP contribution in [0, 0.1) is 0 Å². The molecule has 0 aliphatic heterocycles. The number of carbonyl (C=O) groups excluding carboxylic acids is 1. The van der Waals surface area contributed by atoms with E-state index in [-0.39, 0.29) is 5.91 Å². The van der Waals surface area contributed by atoms with Crippen LogP contribution < -0.4 is 10.1 Å². The van der Waals surface area contributed by atoms with E-state index in [1.54, 1.807) is 25.1 Å². The number of hydrogen-bond donors (Lipinski definition) is 2. The Bertz CT molecular complexity index is 454. The van der Waals surface area contributed by atoms with Gasteiger partial charge in [-0.3, -0.25) is 4.79 Å². The van der Waals surface area contributed by atoms with Crippen molar-refractivity contribution in [2.24, 2.45) is 0 Å². The molecule has 2 atom stereocenters. The Balaban J connectivity index is 2.45. The van der Waals surface area contributed by atoms with Crippen molar-refractivity contribution in [1.29, 1.82) is 0 Å². The van der Waals surface area contributed by atoms with Gasteiger partial charge in [0.15, 0.2) is 6.10 Å². The second kappa shape index (κ2) is 8.35. The first kappa shape index (κ1) is 17.1. The first-order valence-corrected chi connectivity index (χ1v) is 7.27. The van der Waals surface area contributed by atoms with Gasteiger partial charge < -0.3 is 15.2 Å². The SMILES string of the molecule is CCC(O)CCNC(=O)C(C)Oc1ccc(Cl)cc1Cl. The molecule has 2 N–H and O–H groups in total. The monoisotopic (exact) mass is 319 g/mol. The third-order valence-corrected chi connectivity index (χ3v) is 3.35. The van der Waals surface area contributed by atoms with E-state index in [0.29, 0.717) is 35.2 Å². The predicted octanol–water partition coefficient (Wildman–Crippen LogP) is 3.04. The molecule has 0 spiro atoms. The number of carbonyl (C=O) groups is 1. The molecule has 0 aromatic heterocycles. The highest BCUT2D eigenvalue weighted by atomic mass is 35.5. The molecule has 112 valence electrons. The van der Waals surface area contributed by atoms with Gasteiger partial charge in [-0.15, -0.1) is 0 Å². The van der Waals surface area contributed by atoms with Crippen molar-refractivity contribution in [3.05, 3.63) is 28.2 Å². The maximum absolute atomic E-state index is 11.8. The van der Waals surface area contributed by atoms with Gasteiger partial charge >= 0.3 is 0 Å². The van der Waals surface area contributed by atoms with Gasteiger partial charge in [-0.2, -0.15) is 0 Å². The molecule has 1 aromatic carbocycles. The van der Waals surface area contributed by atoms with E-state index in [2.05, 4.69) is 5.32 Å². The van der Waals surface area contributed by atoms with Crippen LogP contribution in [0.25, 0.3) is 0 Å². The molecule has 2 unspecified atom stereocenters. The quantitative estimate of drug-likeness (QED) is 0.812. The van der Waals surface area contributed by atoms with Crippen molar-refractivity contribution in [3.63, 3.8) is 0 Å². The summed E-state index contributed by atoms with van der Waals surface area (Å²) in [4.78, 5) is 11.8. The Hall–Kier alpha value is -0.970. The van der Waals surface area contributed by atoms with Gasteiger partial charge in [0.05, 0.1) is 11.1 Å². The number of amides is 1. The second-order valence-corrected chi connectivity index (χ2v) is 5.32. The van der Waals surface area contributed by atoms with E-state index in [0.717, 1.165) is 0 Å². The summed E-state index contributed by atoms with van der Waals surface area (Å²) in [5.41, 5.74) is 0. The molecule has 20 heavy (non-hydrogen) atoms. The van der Waals surface area contributed by atoms with Gasteiger partial charge in [-0.25, -0.2) is 0 Å². The average molecular weight is 320 g/mol. The molecule has 0 aliphatic rings. The summed E-state index contributed by atoms with van der Waals surface area (Å²) in [6.07, 6.45) is 0.128. The molecule has 1 aromatic rings.